The fourth-order valence-electron chi connectivity index (χ4n) is 5.66. The van der Waals surface area contributed by atoms with Gasteiger partial charge in [0.05, 0.1) is 6.61 Å². The van der Waals surface area contributed by atoms with Crippen molar-refractivity contribution in [3.05, 3.63) is 106 Å². The second-order valence-corrected chi connectivity index (χ2v) is 9.07. The number of fused-ring (bicyclic) bond motifs is 4. The molecule has 30 heavy (non-hydrogen) atoms. The molecule has 1 aromatic rings. The van der Waals surface area contributed by atoms with Crippen molar-refractivity contribution in [2.75, 3.05) is 6.61 Å². The summed E-state index contributed by atoms with van der Waals surface area (Å²) in [6.45, 7) is 6.92. The maximum Gasteiger partial charge on any atom is 0.334 e. The molecule has 4 aliphatic carbocycles. The SMILES string of the molecule is CCOC(=O)C1=CC=C2C=CC=CC2C1c1ccc2c(c1)C(C)(C)C1=CC=CCC12. The zero-order chi connectivity index (χ0) is 20.9. The summed E-state index contributed by atoms with van der Waals surface area (Å²) < 4.78 is 5.43. The highest BCUT2D eigenvalue weighted by atomic mass is 16.5. The van der Waals surface area contributed by atoms with Gasteiger partial charge in [-0.1, -0.05) is 92.3 Å². The van der Waals surface area contributed by atoms with Crippen LogP contribution < -0.4 is 0 Å². The lowest BCUT2D eigenvalue weighted by Gasteiger charge is -2.32. The number of allylic oxidation sites excluding steroid dienone is 11. The number of hydrogen-bond acceptors (Lipinski definition) is 2. The molecule has 0 spiro atoms. The highest BCUT2D eigenvalue weighted by Gasteiger charge is 2.42. The molecule has 0 saturated carbocycles. The first kappa shape index (κ1) is 19.1. The van der Waals surface area contributed by atoms with Gasteiger partial charge in [0.25, 0.3) is 0 Å². The number of ether oxygens (including phenoxy) is 1. The van der Waals surface area contributed by atoms with E-state index in [4.69, 9.17) is 4.74 Å². The Labute approximate surface area is 179 Å². The fourth-order valence-corrected chi connectivity index (χ4v) is 5.66. The zero-order valence-corrected chi connectivity index (χ0v) is 17.9. The summed E-state index contributed by atoms with van der Waals surface area (Å²) in [5, 5.41) is 0. The smallest absolute Gasteiger partial charge is 0.334 e. The molecule has 5 rings (SSSR count). The van der Waals surface area contributed by atoms with Crippen molar-refractivity contribution < 1.29 is 9.53 Å². The van der Waals surface area contributed by atoms with Crippen molar-refractivity contribution in [1.29, 1.82) is 0 Å². The van der Waals surface area contributed by atoms with E-state index in [0.29, 0.717) is 12.5 Å². The molecule has 0 N–H and O–H groups in total. The molecule has 0 fully saturated rings. The van der Waals surface area contributed by atoms with Gasteiger partial charge in [-0.15, -0.1) is 0 Å². The third kappa shape index (κ3) is 2.81. The normalized spacial score (nSPS) is 27.4. The Kier molecular flexibility index (Phi) is 4.54. The fraction of sp³-hybridized carbons (Fsp3) is 0.321. The van der Waals surface area contributed by atoms with Gasteiger partial charge in [-0.2, -0.15) is 0 Å². The average molecular weight is 397 g/mol. The van der Waals surface area contributed by atoms with Gasteiger partial charge in [0.2, 0.25) is 0 Å². The molecule has 152 valence electrons. The van der Waals surface area contributed by atoms with Gasteiger partial charge in [-0.3, -0.25) is 0 Å². The Morgan fingerprint density at radius 1 is 1.13 bits per heavy atom. The molecule has 0 radical (unpaired) electrons. The summed E-state index contributed by atoms with van der Waals surface area (Å²) >= 11 is 0. The second-order valence-electron chi connectivity index (χ2n) is 9.07. The van der Waals surface area contributed by atoms with Crippen LogP contribution in [0.1, 0.15) is 55.7 Å². The number of benzene rings is 1. The van der Waals surface area contributed by atoms with E-state index in [0.717, 1.165) is 12.0 Å². The molecule has 0 saturated heterocycles. The van der Waals surface area contributed by atoms with Crippen LogP contribution in [0.25, 0.3) is 0 Å². The van der Waals surface area contributed by atoms with Crippen molar-refractivity contribution in [1.82, 2.24) is 0 Å². The topological polar surface area (TPSA) is 26.3 Å². The summed E-state index contributed by atoms with van der Waals surface area (Å²) in [7, 11) is 0. The highest BCUT2D eigenvalue weighted by Crippen LogP contribution is 2.54. The maximum atomic E-state index is 12.8. The first-order chi connectivity index (χ1) is 14.5. The van der Waals surface area contributed by atoms with Crippen molar-refractivity contribution >= 4 is 5.97 Å². The summed E-state index contributed by atoms with van der Waals surface area (Å²) in [6, 6.07) is 6.91. The lowest BCUT2D eigenvalue weighted by Crippen LogP contribution is -2.25. The van der Waals surface area contributed by atoms with Crippen LogP contribution in [0.3, 0.4) is 0 Å². The number of esters is 1. The summed E-state index contributed by atoms with van der Waals surface area (Å²) in [5.74, 6) is 0.403. The highest BCUT2D eigenvalue weighted by molar-refractivity contribution is 5.91. The molecule has 0 amide bonds. The first-order valence-corrected chi connectivity index (χ1v) is 11.0. The van der Waals surface area contributed by atoms with Crippen LogP contribution >= 0.6 is 0 Å². The van der Waals surface area contributed by atoms with Crippen molar-refractivity contribution in [2.45, 2.75) is 44.4 Å². The van der Waals surface area contributed by atoms with Crippen LogP contribution in [0.15, 0.2) is 89.6 Å². The molecule has 1 aromatic carbocycles. The van der Waals surface area contributed by atoms with Crippen LogP contribution in [-0.2, 0) is 14.9 Å². The number of carbonyl (C=O) groups is 1. The molecule has 0 heterocycles. The molecular weight excluding hydrogens is 368 g/mol. The Morgan fingerprint density at radius 3 is 2.83 bits per heavy atom. The van der Waals surface area contributed by atoms with Gasteiger partial charge in [-0.05, 0) is 35.6 Å². The monoisotopic (exact) mass is 396 g/mol. The van der Waals surface area contributed by atoms with Crippen LogP contribution in [0.2, 0.25) is 0 Å². The minimum atomic E-state index is -0.207. The van der Waals surface area contributed by atoms with Gasteiger partial charge < -0.3 is 4.74 Å². The Morgan fingerprint density at radius 2 is 2.00 bits per heavy atom. The molecule has 0 bridgehead atoms. The van der Waals surface area contributed by atoms with Crippen LogP contribution in [0.4, 0.5) is 0 Å². The predicted octanol–water partition coefficient (Wildman–Crippen LogP) is 6.20. The summed E-state index contributed by atoms with van der Waals surface area (Å²) in [5.41, 5.74) is 7.54. The van der Waals surface area contributed by atoms with Gasteiger partial charge in [0, 0.05) is 28.7 Å². The molecule has 0 aliphatic heterocycles. The van der Waals surface area contributed by atoms with Gasteiger partial charge in [-0.25, -0.2) is 4.79 Å². The van der Waals surface area contributed by atoms with E-state index >= 15 is 0 Å². The summed E-state index contributed by atoms with van der Waals surface area (Å²) in [6.07, 6.45) is 20.4. The molecule has 4 aliphatic rings. The lowest BCUT2D eigenvalue weighted by molar-refractivity contribution is -0.138. The van der Waals surface area contributed by atoms with Gasteiger partial charge in [0.1, 0.15) is 0 Å². The summed E-state index contributed by atoms with van der Waals surface area (Å²) in [4.78, 5) is 12.8. The third-order valence-corrected chi connectivity index (χ3v) is 7.13. The lowest BCUT2D eigenvalue weighted by atomic mass is 9.71. The van der Waals surface area contributed by atoms with Crippen molar-refractivity contribution in [3.63, 3.8) is 0 Å². The predicted molar refractivity (Wildman–Crippen MR) is 121 cm³/mol. The van der Waals surface area contributed by atoms with E-state index in [-0.39, 0.29) is 23.2 Å². The van der Waals surface area contributed by atoms with Gasteiger partial charge in [0.15, 0.2) is 0 Å². The van der Waals surface area contributed by atoms with E-state index in [1.54, 1.807) is 0 Å². The quantitative estimate of drug-likeness (QED) is 0.568. The average Bonchev–Trinajstić information content (AvgIpc) is 3.00. The van der Waals surface area contributed by atoms with Crippen LogP contribution in [-0.4, -0.2) is 12.6 Å². The minimum absolute atomic E-state index is 0.00418. The number of hydrogen-bond donors (Lipinski definition) is 0. The maximum absolute atomic E-state index is 12.8. The van der Waals surface area contributed by atoms with E-state index in [9.17, 15) is 4.79 Å². The molecule has 3 atom stereocenters. The van der Waals surface area contributed by atoms with Crippen LogP contribution in [0.5, 0.6) is 0 Å². The van der Waals surface area contributed by atoms with Crippen molar-refractivity contribution in [2.24, 2.45) is 5.92 Å². The standard InChI is InChI=1S/C28H28O2/c1-4-30-27(29)23-16-13-18-9-5-6-10-20(18)26(23)19-14-15-22-21-11-7-8-12-24(21)28(2,3)25(22)17-19/h5-10,12-17,20-21,26H,4,11H2,1-3H3. The Bertz CT molecular complexity index is 1090. The van der Waals surface area contributed by atoms with Crippen molar-refractivity contribution in [3.8, 4) is 0 Å². The minimum Gasteiger partial charge on any atom is -0.463 e. The Hall–Kier alpha value is -2.87. The molecular formula is C28H28O2. The number of rotatable bonds is 3. The third-order valence-electron chi connectivity index (χ3n) is 7.13. The van der Waals surface area contributed by atoms with Crippen LogP contribution in [0, 0.1) is 5.92 Å². The van der Waals surface area contributed by atoms with E-state index in [1.807, 2.05) is 13.0 Å². The number of carbonyl (C=O) groups excluding carboxylic acids is 1. The molecule has 2 heteroatoms. The van der Waals surface area contributed by atoms with E-state index < -0.39 is 0 Å². The van der Waals surface area contributed by atoms with Gasteiger partial charge >= 0.3 is 5.97 Å². The second kappa shape index (κ2) is 7.12. The van der Waals surface area contributed by atoms with E-state index in [2.05, 4.69) is 80.7 Å². The Balaban J connectivity index is 1.62. The largest absolute Gasteiger partial charge is 0.463 e. The first-order valence-electron chi connectivity index (χ1n) is 11.0. The molecule has 0 aromatic heterocycles. The van der Waals surface area contributed by atoms with E-state index in [1.165, 1.54) is 27.8 Å². The molecule has 2 nitrogen and oxygen atoms in total. The zero-order valence-electron chi connectivity index (χ0n) is 17.9. The molecule has 3 unspecified atom stereocenters.